The average Bonchev–Trinajstić information content (AvgIpc) is 2.93. The first-order valence-corrected chi connectivity index (χ1v) is 8.05. The van der Waals surface area contributed by atoms with Crippen LogP contribution in [0.4, 0.5) is 0 Å². The van der Waals surface area contributed by atoms with Crippen LogP contribution >= 0.6 is 0 Å². The zero-order chi connectivity index (χ0) is 18.7. The zero-order valence-electron chi connectivity index (χ0n) is 14.4. The molecule has 0 radical (unpaired) electrons. The minimum atomic E-state index is -1.24. The number of nitriles is 1. The molecule has 0 fully saturated rings. The van der Waals surface area contributed by atoms with Crippen molar-refractivity contribution in [1.82, 2.24) is 9.55 Å². The Balaban J connectivity index is 2.03. The minimum Gasteiger partial charge on any atom is -0.545 e. The molecule has 5 nitrogen and oxygen atoms in total. The van der Waals surface area contributed by atoms with E-state index in [9.17, 15) is 15.2 Å². The summed E-state index contributed by atoms with van der Waals surface area (Å²) < 4.78 is 2.03. The van der Waals surface area contributed by atoms with Crippen LogP contribution in [0, 0.1) is 25.2 Å². The molecule has 128 valence electrons. The van der Waals surface area contributed by atoms with Crippen molar-refractivity contribution in [3.63, 3.8) is 0 Å². The first-order valence-electron chi connectivity index (χ1n) is 8.05. The van der Waals surface area contributed by atoms with Gasteiger partial charge in [-0.2, -0.15) is 5.26 Å². The van der Waals surface area contributed by atoms with Crippen LogP contribution in [0.3, 0.4) is 0 Å². The normalized spacial score (nSPS) is 11.2. The lowest BCUT2D eigenvalue weighted by Gasteiger charge is -2.08. The number of aromatic nitrogens is 2. The second-order valence-corrected chi connectivity index (χ2v) is 5.88. The summed E-state index contributed by atoms with van der Waals surface area (Å²) >= 11 is 0. The number of aromatic carboxylic acids is 1. The highest BCUT2D eigenvalue weighted by atomic mass is 16.4. The molecule has 0 aliphatic carbocycles. The summed E-state index contributed by atoms with van der Waals surface area (Å²) in [6.45, 7) is 3.96. The van der Waals surface area contributed by atoms with Gasteiger partial charge in [-0.1, -0.05) is 30.3 Å². The number of carbonyl (C=O) groups is 1. The Hall–Kier alpha value is -3.65. The van der Waals surface area contributed by atoms with Gasteiger partial charge in [-0.15, -0.1) is 0 Å². The number of allylic oxidation sites excluding steroid dienone is 1. The number of aryl methyl sites for hydroxylation is 1. The largest absolute Gasteiger partial charge is 0.545 e. The van der Waals surface area contributed by atoms with Crippen LogP contribution < -0.4 is 5.11 Å². The smallest absolute Gasteiger partial charge is 0.136 e. The fraction of sp³-hybridized carbons (Fsp3) is 0.0952. The van der Waals surface area contributed by atoms with E-state index < -0.39 is 5.97 Å². The van der Waals surface area contributed by atoms with E-state index in [0.29, 0.717) is 11.1 Å². The number of rotatable bonds is 4. The summed E-state index contributed by atoms with van der Waals surface area (Å²) in [5, 5.41) is 20.4. The maximum Gasteiger partial charge on any atom is 0.136 e. The Bertz CT molecular complexity index is 1020. The van der Waals surface area contributed by atoms with Crippen LogP contribution in [0.15, 0.2) is 54.7 Å². The van der Waals surface area contributed by atoms with Crippen molar-refractivity contribution in [3.05, 3.63) is 82.8 Å². The average molecular weight is 342 g/mol. The van der Waals surface area contributed by atoms with E-state index in [1.165, 1.54) is 12.1 Å². The van der Waals surface area contributed by atoms with Gasteiger partial charge in [-0.05, 0) is 54.8 Å². The Morgan fingerprint density at radius 1 is 1.15 bits per heavy atom. The number of hydrogen-bond donors (Lipinski definition) is 0. The monoisotopic (exact) mass is 342 g/mol. The van der Waals surface area contributed by atoms with Crippen LogP contribution in [0.25, 0.3) is 17.5 Å². The van der Waals surface area contributed by atoms with Gasteiger partial charge in [0.05, 0.1) is 17.6 Å². The van der Waals surface area contributed by atoms with Gasteiger partial charge in [-0.3, -0.25) is 0 Å². The predicted octanol–water partition coefficient (Wildman–Crippen LogP) is 2.92. The summed E-state index contributed by atoms with van der Waals surface area (Å²) in [4.78, 5) is 15.2. The molecule has 0 saturated heterocycles. The lowest BCUT2D eigenvalue weighted by molar-refractivity contribution is -0.255. The zero-order valence-corrected chi connectivity index (χ0v) is 14.4. The highest BCUT2D eigenvalue weighted by Crippen LogP contribution is 2.24. The summed E-state index contributed by atoms with van der Waals surface area (Å²) in [5.74, 6) is -0.420. The molecule has 0 saturated carbocycles. The van der Waals surface area contributed by atoms with Crippen molar-refractivity contribution in [2.45, 2.75) is 13.8 Å². The highest BCUT2D eigenvalue weighted by Gasteiger charge is 2.11. The first-order chi connectivity index (χ1) is 12.5. The van der Waals surface area contributed by atoms with Crippen LogP contribution in [0.2, 0.25) is 0 Å². The molecule has 0 amide bonds. The Labute approximate surface area is 151 Å². The number of hydrogen-bond acceptors (Lipinski definition) is 4. The summed E-state index contributed by atoms with van der Waals surface area (Å²) in [6, 6.07) is 16.0. The third kappa shape index (κ3) is 3.26. The predicted molar refractivity (Wildman–Crippen MR) is 97.3 cm³/mol. The Morgan fingerprint density at radius 2 is 1.85 bits per heavy atom. The van der Waals surface area contributed by atoms with Gasteiger partial charge >= 0.3 is 0 Å². The van der Waals surface area contributed by atoms with Gasteiger partial charge in [0.2, 0.25) is 0 Å². The molecule has 0 aliphatic heterocycles. The second kappa shape index (κ2) is 7.08. The molecule has 3 rings (SSSR count). The van der Waals surface area contributed by atoms with Crippen LogP contribution in [-0.2, 0) is 0 Å². The minimum absolute atomic E-state index is 0.0827. The Kier molecular flexibility index (Phi) is 4.68. The number of benzene rings is 1. The molecule has 0 N–H and O–H groups in total. The fourth-order valence-electron chi connectivity index (χ4n) is 2.89. The standard InChI is InChI=1S/C21H17N3O2/c1-14-11-18(15(2)24(14)20-5-3-4-10-23-20)12-19(13-22)16-6-8-17(9-7-16)21(25)26/h3-12H,1-2H3,(H,25,26)/p-1/b19-12+. The molecule has 3 aromatic rings. The number of nitrogens with zero attached hydrogens (tertiary/aromatic N) is 3. The molecular formula is C21H16N3O2-. The number of pyridine rings is 1. The van der Waals surface area contributed by atoms with Crippen LogP contribution in [0.1, 0.15) is 32.9 Å². The van der Waals surface area contributed by atoms with Gasteiger partial charge in [0.1, 0.15) is 5.82 Å². The van der Waals surface area contributed by atoms with Crippen molar-refractivity contribution in [2.75, 3.05) is 0 Å². The molecule has 1 aromatic carbocycles. The number of carbonyl (C=O) groups excluding carboxylic acids is 1. The van der Waals surface area contributed by atoms with E-state index in [1.807, 2.05) is 42.7 Å². The van der Waals surface area contributed by atoms with Crippen LogP contribution in [0.5, 0.6) is 0 Å². The highest BCUT2D eigenvalue weighted by molar-refractivity contribution is 5.92. The molecule has 0 aliphatic rings. The quantitative estimate of drug-likeness (QED) is 0.683. The molecule has 2 aromatic heterocycles. The second-order valence-electron chi connectivity index (χ2n) is 5.88. The van der Waals surface area contributed by atoms with Crippen molar-refractivity contribution in [1.29, 1.82) is 5.26 Å². The fourth-order valence-corrected chi connectivity index (χ4v) is 2.89. The molecule has 2 heterocycles. The molecule has 0 unspecified atom stereocenters. The maximum atomic E-state index is 10.9. The maximum absolute atomic E-state index is 10.9. The summed E-state index contributed by atoms with van der Waals surface area (Å²) in [7, 11) is 0. The van der Waals surface area contributed by atoms with E-state index in [-0.39, 0.29) is 5.56 Å². The summed E-state index contributed by atoms with van der Waals surface area (Å²) in [6.07, 6.45) is 3.54. The van der Waals surface area contributed by atoms with Crippen molar-refractivity contribution >= 4 is 17.6 Å². The van der Waals surface area contributed by atoms with Crippen molar-refractivity contribution in [3.8, 4) is 11.9 Å². The number of carboxylic acid groups (broad SMARTS) is 1. The van der Waals surface area contributed by atoms with Gasteiger partial charge in [0.25, 0.3) is 0 Å². The van der Waals surface area contributed by atoms with Gasteiger partial charge in [0, 0.05) is 17.6 Å². The summed E-state index contributed by atoms with van der Waals surface area (Å²) in [5.41, 5.74) is 4.08. The molecule has 26 heavy (non-hydrogen) atoms. The van der Waals surface area contributed by atoms with E-state index in [1.54, 1.807) is 24.4 Å². The molecule has 0 bridgehead atoms. The van der Waals surface area contributed by atoms with E-state index in [0.717, 1.165) is 22.8 Å². The molecule has 0 atom stereocenters. The van der Waals surface area contributed by atoms with Crippen LogP contribution in [-0.4, -0.2) is 15.5 Å². The molecule has 0 spiro atoms. The first kappa shape index (κ1) is 17.2. The molecule has 5 heteroatoms. The third-order valence-electron chi connectivity index (χ3n) is 4.20. The lowest BCUT2D eigenvalue weighted by Crippen LogP contribution is -2.21. The van der Waals surface area contributed by atoms with E-state index >= 15 is 0 Å². The SMILES string of the molecule is Cc1cc(/C=C(\C#N)c2ccc(C(=O)[O-])cc2)c(C)n1-c1ccccn1. The van der Waals surface area contributed by atoms with Crippen molar-refractivity contribution in [2.24, 2.45) is 0 Å². The van der Waals surface area contributed by atoms with E-state index in [4.69, 9.17) is 0 Å². The topological polar surface area (TPSA) is 81.7 Å². The third-order valence-corrected chi connectivity index (χ3v) is 4.20. The van der Waals surface area contributed by atoms with Crippen molar-refractivity contribution < 1.29 is 9.90 Å². The number of carboxylic acids is 1. The molecular weight excluding hydrogens is 326 g/mol. The lowest BCUT2D eigenvalue weighted by atomic mass is 10.0. The van der Waals surface area contributed by atoms with E-state index in [2.05, 4.69) is 11.1 Å². The van der Waals surface area contributed by atoms with Gasteiger partial charge in [-0.25, -0.2) is 4.98 Å². The van der Waals surface area contributed by atoms with Gasteiger partial charge in [0.15, 0.2) is 0 Å². The Morgan fingerprint density at radius 3 is 2.42 bits per heavy atom. The van der Waals surface area contributed by atoms with Gasteiger partial charge < -0.3 is 14.5 Å².